The van der Waals surface area contributed by atoms with Crippen molar-refractivity contribution in [3.05, 3.63) is 71.8 Å². The Balaban J connectivity index is 2.07. The molecule has 2 atom stereocenters. The number of hydrogen-bond donors (Lipinski definition) is 2. The van der Waals surface area contributed by atoms with Gasteiger partial charge in [-0.2, -0.15) is 0 Å². The fourth-order valence-corrected chi connectivity index (χ4v) is 2.66. The van der Waals surface area contributed by atoms with E-state index in [1.807, 2.05) is 24.3 Å². The molecule has 0 radical (unpaired) electrons. The second-order valence-corrected chi connectivity index (χ2v) is 5.87. The van der Waals surface area contributed by atoms with Crippen molar-refractivity contribution < 1.29 is 5.11 Å². The predicted octanol–water partition coefficient (Wildman–Crippen LogP) is 3.58. The van der Waals surface area contributed by atoms with Gasteiger partial charge in [-0.25, -0.2) is 0 Å². The van der Waals surface area contributed by atoms with Gasteiger partial charge in [0, 0.05) is 12.1 Å². The van der Waals surface area contributed by atoms with Gasteiger partial charge >= 0.3 is 0 Å². The lowest BCUT2D eigenvalue weighted by Gasteiger charge is -2.28. The summed E-state index contributed by atoms with van der Waals surface area (Å²) in [5.74, 6) is 0.470. The molecule has 0 aliphatic carbocycles. The lowest BCUT2D eigenvalue weighted by molar-refractivity contribution is 0.219. The zero-order chi connectivity index (χ0) is 15.1. The minimum absolute atomic E-state index is 0.0695. The molecular weight excluding hydrogens is 258 g/mol. The Morgan fingerprint density at radius 2 is 1.48 bits per heavy atom. The highest BCUT2D eigenvalue weighted by molar-refractivity contribution is 5.20. The molecule has 2 nitrogen and oxygen atoms in total. The van der Waals surface area contributed by atoms with Crippen molar-refractivity contribution >= 4 is 0 Å². The summed E-state index contributed by atoms with van der Waals surface area (Å²) in [6, 6.07) is 21.1. The van der Waals surface area contributed by atoms with Crippen LogP contribution in [0.2, 0.25) is 0 Å². The fraction of sp³-hybridized carbons (Fsp3) is 0.368. The van der Waals surface area contributed by atoms with E-state index in [9.17, 15) is 5.11 Å². The number of rotatable bonds is 7. The zero-order valence-electron chi connectivity index (χ0n) is 12.9. The number of benzene rings is 2. The standard InChI is InChI=1S/C19H25NO/c1-15(2)19(17-11-7-4-8-12-17)20-18(14-21)13-16-9-5-3-6-10-16/h3-12,15,18-21H,13-14H2,1-2H3. The Kier molecular flexibility index (Phi) is 5.97. The summed E-state index contributed by atoms with van der Waals surface area (Å²) in [6.07, 6.45) is 0.841. The van der Waals surface area contributed by atoms with Gasteiger partial charge in [0.25, 0.3) is 0 Å². The highest BCUT2D eigenvalue weighted by atomic mass is 16.3. The lowest BCUT2D eigenvalue weighted by Crippen LogP contribution is -2.39. The maximum atomic E-state index is 9.70. The van der Waals surface area contributed by atoms with Gasteiger partial charge in [0.1, 0.15) is 0 Å². The van der Waals surface area contributed by atoms with E-state index in [1.54, 1.807) is 0 Å². The van der Waals surface area contributed by atoms with E-state index in [4.69, 9.17) is 0 Å². The van der Waals surface area contributed by atoms with Crippen LogP contribution in [-0.4, -0.2) is 17.8 Å². The summed E-state index contributed by atoms with van der Waals surface area (Å²) in [4.78, 5) is 0. The van der Waals surface area contributed by atoms with E-state index in [0.717, 1.165) is 6.42 Å². The third kappa shape index (κ3) is 4.69. The molecule has 0 amide bonds. The molecular formula is C19H25NO. The van der Waals surface area contributed by atoms with Crippen LogP contribution in [0.4, 0.5) is 0 Å². The quantitative estimate of drug-likeness (QED) is 0.814. The van der Waals surface area contributed by atoms with Gasteiger partial charge in [-0.1, -0.05) is 74.5 Å². The van der Waals surface area contributed by atoms with Crippen LogP contribution in [0.3, 0.4) is 0 Å². The smallest absolute Gasteiger partial charge is 0.0588 e. The SMILES string of the molecule is CC(C)C(NC(CO)Cc1ccccc1)c1ccccc1. The molecule has 0 saturated heterocycles. The molecule has 2 aromatic rings. The highest BCUT2D eigenvalue weighted by Crippen LogP contribution is 2.22. The minimum atomic E-state index is 0.0695. The van der Waals surface area contributed by atoms with Gasteiger partial charge in [0.15, 0.2) is 0 Å². The van der Waals surface area contributed by atoms with Gasteiger partial charge in [0.05, 0.1) is 6.61 Å². The van der Waals surface area contributed by atoms with Crippen molar-refractivity contribution in [2.45, 2.75) is 32.4 Å². The largest absolute Gasteiger partial charge is 0.395 e. The van der Waals surface area contributed by atoms with E-state index in [-0.39, 0.29) is 18.7 Å². The Bertz CT molecular complexity index is 510. The Morgan fingerprint density at radius 3 is 2.00 bits per heavy atom. The Morgan fingerprint density at radius 1 is 0.905 bits per heavy atom. The number of nitrogens with one attached hydrogen (secondary N) is 1. The van der Waals surface area contributed by atoms with E-state index in [1.165, 1.54) is 11.1 Å². The van der Waals surface area contributed by atoms with Crippen LogP contribution < -0.4 is 5.32 Å². The van der Waals surface area contributed by atoms with Crippen LogP contribution in [0.25, 0.3) is 0 Å². The molecule has 0 saturated carbocycles. The van der Waals surface area contributed by atoms with Crippen molar-refractivity contribution in [3.8, 4) is 0 Å². The Labute approximate surface area is 127 Å². The third-order valence-electron chi connectivity index (χ3n) is 3.79. The van der Waals surface area contributed by atoms with E-state index in [2.05, 4.69) is 55.6 Å². The van der Waals surface area contributed by atoms with Crippen molar-refractivity contribution in [2.75, 3.05) is 6.61 Å². The van der Waals surface area contributed by atoms with Crippen molar-refractivity contribution in [1.29, 1.82) is 0 Å². The summed E-state index contributed by atoms with van der Waals surface area (Å²) < 4.78 is 0. The summed E-state index contributed by atoms with van der Waals surface area (Å²) in [5, 5.41) is 13.3. The maximum Gasteiger partial charge on any atom is 0.0588 e. The Hall–Kier alpha value is -1.64. The van der Waals surface area contributed by atoms with Crippen LogP contribution >= 0.6 is 0 Å². The summed E-state index contributed by atoms with van der Waals surface area (Å²) in [7, 11) is 0. The molecule has 2 unspecified atom stereocenters. The molecule has 0 aliphatic rings. The second kappa shape index (κ2) is 7.96. The molecule has 2 N–H and O–H groups in total. The first kappa shape index (κ1) is 15.7. The van der Waals surface area contributed by atoms with E-state index < -0.39 is 0 Å². The van der Waals surface area contributed by atoms with Gasteiger partial charge in [-0.05, 0) is 23.5 Å². The normalized spacial score (nSPS) is 14.1. The van der Waals surface area contributed by atoms with Crippen LogP contribution in [0.5, 0.6) is 0 Å². The van der Waals surface area contributed by atoms with Gasteiger partial charge < -0.3 is 10.4 Å². The van der Waals surface area contributed by atoms with E-state index in [0.29, 0.717) is 5.92 Å². The van der Waals surface area contributed by atoms with Crippen LogP contribution in [0.15, 0.2) is 60.7 Å². The van der Waals surface area contributed by atoms with Crippen molar-refractivity contribution in [3.63, 3.8) is 0 Å². The number of aliphatic hydroxyl groups excluding tert-OH is 1. The van der Waals surface area contributed by atoms with Crippen molar-refractivity contribution in [1.82, 2.24) is 5.32 Å². The van der Waals surface area contributed by atoms with Gasteiger partial charge in [-0.15, -0.1) is 0 Å². The average molecular weight is 283 g/mol. The van der Waals surface area contributed by atoms with Crippen LogP contribution in [0, 0.1) is 5.92 Å². The summed E-state index contributed by atoms with van der Waals surface area (Å²) in [6.45, 7) is 4.56. The van der Waals surface area contributed by atoms with Gasteiger partial charge in [-0.3, -0.25) is 0 Å². The highest BCUT2D eigenvalue weighted by Gasteiger charge is 2.19. The zero-order valence-corrected chi connectivity index (χ0v) is 12.9. The second-order valence-electron chi connectivity index (χ2n) is 5.87. The monoisotopic (exact) mass is 283 g/mol. The molecule has 2 rings (SSSR count). The molecule has 112 valence electrons. The number of aliphatic hydroxyl groups is 1. The summed E-state index contributed by atoms with van der Waals surface area (Å²) >= 11 is 0. The molecule has 0 bridgehead atoms. The summed E-state index contributed by atoms with van der Waals surface area (Å²) in [5.41, 5.74) is 2.53. The number of hydrogen-bond acceptors (Lipinski definition) is 2. The third-order valence-corrected chi connectivity index (χ3v) is 3.79. The molecule has 0 heterocycles. The molecule has 2 aromatic carbocycles. The van der Waals surface area contributed by atoms with Crippen molar-refractivity contribution in [2.24, 2.45) is 5.92 Å². The first-order valence-corrected chi connectivity index (χ1v) is 7.66. The molecule has 0 spiro atoms. The van der Waals surface area contributed by atoms with Crippen LogP contribution in [-0.2, 0) is 6.42 Å². The van der Waals surface area contributed by atoms with Crippen LogP contribution in [0.1, 0.15) is 31.0 Å². The fourth-order valence-electron chi connectivity index (χ4n) is 2.66. The first-order chi connectivity index (χ1) is 10.2. The minimum Gasteiger partial charge on any atom is -0.395 e. The average Bonchev–Trinajstić information content (AvgIpc) is 2.52. The lowest BCUT2D eigenvalue weighted by atomic mass is 9.94. The molecule has 2 heteroatoms. The van der Waals surface area contributed by atoms with E-state index >= 15 is 0 Å². The topological polar surface area (TPSA) is 32.3 Å². The molecule has 0 fully saturated rings. The van der Waals surface area contributed by atoms with Gasteiger partial charge in [0.2, 0.25) is 0 Å². The maximum absolute atomic E-state index is 9.70. The first-order valence-electron chi connectivity index (χ1n) is 7.66. The molecule has 0 aliphatic heterocycles. The molecule has 0 aromatic heterocycles. The molecule has 21 heavy (non-hydrogen) atoms. The predicted molar refractivity (Wildman–Crippen MR) is 88.2 cm³/mol.